The lowest BCUT2D eigenvalue weighted by Crippen LogP contribution is -2.24. The Kier molecular flexibility index (Phi) is 5.83. The van der Waals surface area contributed by atoms with E-state index in [1.807, 2.05) is 0 Å². The quantitative estimate of drug-likeness (QED) is 0.547. The first-order chi connectivity index (χ1) is 11.2. The highest BCUT2D eigenvalue weighted by atomic mass is 14.4. The van der Waals surface area contributed by atoms with Gasteiger partial charge in [-0.1, -0.05) is 57.9 Å². The highest BCUT2D eigenvalue weighted by Gasteiger charge is 2.30. The molecule has 0 N–H and O–H groups in total. The third-order valence-corrected chi connectivity index (χ3v) is 7.09. The first-order valence-electron chi connectivity index (χ1n) is 10.3. The van der Waals surface area contributed by atoms with Crippen molar-refractivity contribution in [2.24, 2.45) is 17.8 Å². The van der Waals surface area contributed by atoms with Gasteiger partial charge >= 0.3 is 0 Å². The SMILES string of the molecule is CCC(C)c1ccc(C2CCC(C3CCC(C)CC3)CC2)cc1. The van der Waals surface area contributed by atoms with Gasteiger partial charge in [0.1, 0.15) is 0 Å². The molecule has 0 nitrogen and oxygen atoms in total. The summed E-state index contributed by atoms with van der Waals surface area (Å²) in [6, 6.07) is 9.62. The highest BCUT2D eigenvalue weighted by molar-refractivity contribution is 5.27. The van der Waals surface area contributed by atoms with Gasteiger partial charge in [0.25, 0.3) is 0 Å². The summed E-state index contributed by atoms with van der Waals surface area (Å²) in [6.45, 7) is 7.06. The summed E-state index contributed by atoms with van der Waals surface area (Å²) in [5.41, 5.74) is 3.12. The second-order valence-corrected chi connectivity index (χ2v) is 8.61. The molecule has 0 aliphatic heterocycles. The molecule has 1 atom stereocenters. The van der Waals surface area contributed by atoms with E-state index in [4.69, 9.17) is 0 Å². The minimum absolute atomic E-state index is 0.702. The van der Waals surface area contributed by atoms with Crippen LogP contribution in [0, 0.1) is 17.8 Å². The summed E-state index contributed by atoms with van der Waals surface area (Å²) in [7, 11) is 0. The lowest BCUT2D eigenvalue weighted by Gasteiger charge is -2.37. The van der Waals surface area contributed by atoms with Crippen molar-refractivity contribution in [1.29, 1.82) is 0 Å². The van der Waals surface area contributed by atoms with E-state index in [0.29, 0.717) is 5.92 Å². The van der Waals surface area contributed by atoms with Gasteiger partial charge in [-0.05, 0) is 85.7 Å². The zero-order chi connectivity index (χ0) is 16.2. The fourth-order valence-corrected chi connectivity index (χ4v) is 5.01. The van der Waals surface area contributed by atoms with Crippen molar-refractivity contribution in [3.05, 3.63) is 35.4 Å². The molecule has 1 aromatic carbocycles. The predicted molar refractivity (Wildman–Crippen MR) is 101 cm³/mol. The molecule has 2 aliphatic carbocycles. The largest absolute Gasteiger partial charge is 0.0648 e. The molecule has 2 fully saturated rings. The van der Waals surface area contributed by atoms with Crippen molar-refractivity contribution >= 4 is 0 Å². The van der Waals surface area contributed by atoms with E-state index in [2.05, 4.69) is 45.0 Å². The maximum absolute atomic E-state index is 2.44. The summed E-state index contributed by atoms with van der Waals surface area (Å²) in [6.07, 6.45) is 13.1. The Balaban J connectivity index is 1.52. The zero-order valence-corrected chi connectivity index (χ0v) is 15.6. The van der Waals surface area contributed by atoms with E-state index in [0.717, 1.165) is 23.7 Å². The third-order valence-electron chi connectivity index (χ3n) is 7.09. The van der Waals surface area contributed by atoms with Crippen LogP contribution in [0.4, 0.5) is 0 Å². The van der Waals surface area contributed by atoms with Gasteiger partial charge in [0.05, 0.1) is 0 Å². The highest BCUT2D eigenvalue weighted by Crippen LogP contribution is 2.43. The lowest BCUT2D eigenvalue weighted by molar-refractivity contribution is 0.165. The van der Waals surface area contributed by atoms with Gasteiger partial charge in [0, 0.05) is 0 Å². The Morgan fingerprint density at radius 3 is 1.87 bits per heavy atom. The molecule has 0 spiro atoms. The van der Waals surface area contributed by atoms with E-state index in [1.165, 1.54) is 63.4 Å². The van der Waals surface area contributed by atoms with Crippen LogP contribution in [-0.2, 0) is 0 Å². The Hall–Kier alpha value is -0.780. The van der Waals surface area contributed by atoms with Crippen molar-refractivity contribution in [3.63, 3.8) is 0 Å². The monoisotopic (exact) mass is 312 g/mol. The molecule has 0 bridgehead atoms. The zero-order valence-electron chi connectivity index (χ0n) is 15.6. The van der Waals surface area contributed by atoms with Crippen LogP contribution in [0.5, 0.6) is 0 Å². The normalized spacial score (nSPS) is 33.3. The van der Waals surface area contributed by atoms with Gasteiger partial charge < -0.3 is 0 Å². The van der Waals surface area contributed by atoms with Crippen molar-refractivity contribution < 1.29 is 0 Å². The smallest absolute Gasteiger partial charge is 0.0162 e. The average Bonchev–Trinajstić information content (AvgIpc) is 2.62. The van der Waals surface area contributed by atoms with Crippen LogP contribution in [0.2, 0.25) is 0 Å². The molecule has 0 aromatic heterocycles. The number of rotatable bonds is 4. The Bertz CT molecular complexity index is 455. The molecule has 2 saturated carbocycles. The van der Waals surface area contributed by atoms with Crippen molar-refractivity contribution in [2.45, 2.75) is 90.4 Å². The van der Waals surface area contributed by atoms with Crippen LogP contribution < -0.4 is 0 Å². The van der Waals surface area contributed by atoms with Crippen LogP contribution in [0.25, 0.3) is 0 Å². The standard InChI is InChI=1S/C23H36/c1-4-18(3)19-9-11-21(12-10-19)23-15-13-22(14-16-23)20-7-5-17(2)6-8-20/h9-12,17-18,20,22-23H,4-8,13-16H2,1-3H3. The molecule has 3 rings (SSSR count). The maximum Gasteiger partial charge on any atom is -0.0162 e. The summed E-state index contributed by atoms with van der Waals surface area (Å²) in [5, 5.41) is 0. The van der Waals surface area contributed by atoms with Crippen LogP contribution in [0.15, 0.2) is 24.3 Å². The van der Waals surface area contributed by atoms with Gasteiger partial charge in [-0.25, -0.2) is 0 Å². The molecule has 0 amide bonds. The minimum Gasteiger partial charge on any atom is -0.0648 e. The average molecular weight is 313 g/mol. The van der Waals surface area contributed by atoms with Gasteiger partial charge in [0.2, 0.25) is 0 Å². The van der Waals surface area contributed by atoms with E-state index in [1.54, 1.807) is 5.56 Å². The molecular formula is C23H36. The molecule has 1 unspecified atom stereocenters. The molecule has 1 aromatic rings. The molecule has 0 saturated heterocycles. The maximum atomic E-state index is 2.44. The van der Waals surface area contributed by atoms with Gasteiger partial charge in [-0.2, -0.15) is 0 Å². The molecule has 0 heterocycles. The van der Waals surface area contributed by atoms with E-state index in [-0.39, 0.29) is 0 Å². The molecule has 2 aliphatic rings. The predicted octanol–water partition coefficient (Wildman–Crippen LogP) is 7.30. The summed E-state index contributed by atoms with van der Waals surface area (Å²) in [5.74, 6) is 4.62. The first-order valence-corrected chi connectivity index (χ1v) is 10.3. The van der Waals surface area contributed by atoms with Crippen molar-refractivity contribution in [2.75, 3.05) is 0 Å². The van der Waals surface area contributed by atoms with E-state index >= 15 is 0 Å². The molecule has 23 heavy (non-hydrogen) atoms. The topological polar surface area (TPSA) is 0 Å². The Morgan fingerprint density at radius 1 is 0.826 bits per heavy atom. The lowest BCUT2D eigenvalue weighted by atomic mass is 9.68. The third kappa shape index (κ3) is 4.20. The number of benzene rings is 1. The summed E-state index contributed by atoms with van der Waals surface area (Å²) >= 11 is 0. The second-order valence-electron chi connectivity index (χ2n) is 8.61. The van der Waals surface area contributed by atoms with Crippen LogP contribution in [-0.4, -0.2) is 0 Å². The summed E-state index contributed by atoms with van der Waals surface area (Å²) in [4.78, 5) is 0. The van der Waals surface area contributed by atoms with Crippen LogP contribution >= 0.6 is 0 Å². The van der Waals surface area contributed by atoms with Crippen molar-refractivity contribution in [1.82, 2.24) is 0 Å². The van der Waals surface area contributed by atoms with Crippen LogP contribution in [0.3, 0.4) is 0 Å². The Morgan fingerprint density at radius 2 is 1.35 bits per heavy atom. The first kappa shape index (κ1) is 17.1. The molecular weight excluding hydrogens is 276 g/mol. The van der Waals surface area contributed by atoms with Crippen LogP contribution in [0.1, 0.15) is 102 Å². The van der Waals surface area contributed by atoms with Gasteiger partial charge in [-0.3, -0.25) is 0 Å². The molecule has 128 valence electrons. The molecule has 0 radical (unpaired) electrons. The van der Waals surface area contributed by atoms with Crippen molar-refractivity contribution in [3.8, 4) is 0 Å². The number of hydrogen-bond acceptors (Lipinski definition) is 0. The minimum atomic E-state index is 0.702. The molecule has 0 heteroatoms. The number of hydrogen-bond donors (Lipinski definition) is 0. The van der Waals surface area contributed by atoms with E-state index in [9.17, 15) is 0 Å². The summed E-state index contributed by atoms with van der Waals surface area (Å²) < 4.78 is 0. The Labute approximate surface area is 144 Å². The fourth-order valence-electron chi connectivity index (χ4n) is 5.01. The van der Waals surface area contributed by atoms with E-state index < -0.39 is 0 Å². The van der Waals surface area contributed by atoms with Gasteiger partial charge in [-0.15, -0.1) is 0 Å². The fraction of sp³-hybridized carbons (Fsp3) is 0.739. The second kappa shape index (κ2) is 7.86. The van der Waals surface area contributed by atoms with Gasteiger partial charge in [0.15, 0.2) is 0 Å².